The van der Waals surface area contributed by atoms with Gasteiger partial charge >= 0.3 is 0 Å². The van der Waals surface area contributed by atoms with Crippen molar-refractivity contribution >= 4 is 5.69 Å². The predicted octanol–water partition coefficient (Wildman–Crippen LogP) is 5.93. The van der Waals surface area contributed by atoms with Crippen LogP contribution in [0.3, 0.4) is 0 Å². The Kier molecular flexibility index (Phi) is 4.89. The second kappa shape index (κ2) is 7.82. The molecule has 0 bridgehead atoms. The third-order valence-corrected chi connectivity index (χ3v) is 6.31. The highest BCUT2D eigenvalue weighted by Crippen LogP contribution is 2.39. The molecule has 0 radical (unpaired) electrons. The first-order chi connectivity index (χ1) is 14.3. The SMILES string of the molecule is C[C@@H](c1ccccc1)N1c2ccccc2CC[C@@H]1CCc1ccc2c(c1)OCO2. The van der Waals surface area contributed by atoms with E-state index >= 15 is 0 Å². The number of aryl methyl sites for hydroxylation is 2. The summed E-state index contributed by atoms with van der Waals surface area (Å²) >= 11 is 0. The van der Waals surface area contributed by atoms with Crippen molar-refractivity contribution in [3.63, 3.8) is 0 Å². The first kappa shape index (κ1) is 18.1. The number of hydrogen-bond donors (Lipinski definition) is 0. The van der Waals surface area contributed by atoms with Gasteiger partial charge in [0.25, 0.3) is 0 Å². The van der Waals surface area contributed by atoms with Crippen LogP contribution in [-0.2, 0) is 12.8 Å². The second-order valence-electron chi connectivity index (χ2n) is 8.04. The highest BCUT2D eigenvalue weighted by atomic mass is 16.7. The Morgan fingerprint density at radius 3 is 2.62 bits per heavy atom. The van der Waals surface area contributed by atoms with Crippen LogP contribution in [-0.4, -0.2) is 12.8 Å². The molecule has 2 aliphatic rings. The molecule has 0 saturated heterocycles. The van der Waals surface area contributed by atoms with Gasteiger partial charge in [0.2, 0.25) is 6.79 Å². The van der Waals surface area contributed by atoms with E-state index < -0.39 is 0 Å². The largest absolute Gasteiger partial charge is 0.454 e. The van der Waals surface area contributed by atoms with Gasteiger partial charge in [-0.2, -0.15) is 0 Å². The van der Waals surface area contributed by atoms with Gasteiger partial charge in [0, 0.05) is 11.7 Å². The molecule has 0 aromatic heterocycles. The minimum atomic E-state index is 0.334. The second-order valence-corrected chi connectivity index (χ2v) is 8.04. The average molecular weight is 386 g/mol. The molecule has 29 heavy (non-hydrogen) atoms. The minimum Gasteiger partial charge on any atom is -0.454 e. The quantitative estimate of drug-likeness (QED) is 0.543. The van der Waals surface area contributed by atoms with E-state index in [1.54, 1.807) is 0 Å². The smallest absolute Gasteiger partial charge is 0.231 e. The Balaban J connectivity index is 1.40. The zero-order chi connectivity index (χ0) is 19.6. The first-order valence-electron chi connectivity index (χ1n) is 10.6. The van der Waals surface area contributed by atoms with Crippen LogP contribution in [0.1, 0.15) is 42.5 Å². The van der Waals surface area contributed by atoms with Crippen LogP contribution in [0.4, 0.5) is 5.69 Å². The van der Waals surface area contributed by atoms with Gasteiger partial charge in [0.05, 0.1) is 6.04 Å². The normalized spacial score (nSPS) is 18.4. The standard InChI is InChI=1S/C26H27NO2/c1-19(21-7-3-2-4-8-21)27-23(15-13-22-9-5-6-10-24(22)27)14-11-20-12-16-25-26(17-20)29-18-28-25/h2-10,12,16-17,19,23H,11,13-15,18H2,1H3/t19-,23-/m0/s1. The molecule has 0 aliphatic carbocycles. The molecule has 0 N–H and O–H groups in total. The van der Waals surface area contributed by atoms with Crippen LogP contribution in [0.2, 0.25) is 0 Å². The van der Waals surface area contributed by atoms with Crippen molar-refractivity contribution in [2.45, 2.75) is 44.7 Å². The molecule has 0 saturated carbocycles. The van der Waals surface area contributed by atoms with E-state index in [9.17, 15) is 0 Å². The van der Waals surface area contributed by atoms with Crippen molar-refractivity contribution in [2.75, 3.05) is 11.7 Å². The summed E-state index contributed by atoms with van der Waals surface area (Å²) in [4.78, 5) is 2.65. The third-order valence-electron chi connectivity index (χ3n) is 6.31. The Bertz CT molecular complexity index is 985. The lowest BCUT2D eigenvalue weighted by atomic mass is 9.89. The van der Waals surface area contributed by atoms with E-state index in [-0.39, 0.29) is 0 Å². The van der Waals surface area contributed by atoms with Gasteiger partial charge in [-0.25, -0.2) is 0 Å². The van der Waals surface area contributed by atoms with Gasteiger partial charge in [-0.05, 0) is 67.5 Å². The molecule has 0 amide bonds. The van der Waals surface area contributed by atoms with E-state index in [0.717, 1.165) is 30.8 Å². The summed E-state index contributed by atoms with van der Waals surface area (Å²) in [5.41, 5.74) is 5.55. The van der Waals surface area contributed by atoms with Crippen LogP contribution in [0.25, 0.3) is 0 Å². The Labute approximate surface area is 172 Å². The zero-order valence-electron chi connectivity index (χ0n) is 16.9. The number of nitrogens with zero attached hydrogens (tertiary/aromatic N) is 1. The summed E-state index contributed by atoms with van der Waals surface area (Å²) in [6.07, 6.45) is 4.52. The molecule has 2 atom stereocenters. The van der Waals surface area contributed by atoms with Gasteiger partial charge in [-0.15, -0.1) is 0 Å². The number of benzene rings is 3. The van der Waals surface area contributed by atoms with Crippen LogP contribution in [0.5, 0.6) is 11.5 Å². The Morgan fingerprint density at radius 2 is 1.72 bits per heavy atom. The lowest BCUT2D eigenvalue weighted by Gasteiger charge is -2.43. The lowest BCUT2D eigenvalue weighted by Crippen LogP contribution is -2.41. The van der Waals surface area contributed by atoms with Gasteiger partial charge in [0.15, 0.2) is 11.5 Å². The maximum Gasteiger partial charge on any atom is 0.231 e. The molecule has 0 unspecified atom stereocenters. The summed E-state index contributed by atoms with van der Waals surface area (Å²) in [6.45, 7) is 2.67. The molecule has 3 heteroatoms. The summed E-state index contributed by atoms with van der Waals surface area (Å²) in [7, 11) is 0. The van der Waals surface area contributed by atoms with Gasteiger partial charge in [0.1, 0.15) is 0 Å². The molecule has 3 aromatic rings. The number of ether oxygens (including phenoxy) is 2. The molecule has 3 aromatic carbocycles. The van der Waals surface area contributed by atoms with Crippen molar-refractivity contribution < 1.29 is 9.47 Å². The molecule has 3 nitrogen and oxygen atoms in total. The van der Waals surface area contributed by atoms with Crippen LogP contribution in [0, 0.1) is 0 Å². The van der Waals surface area contributed by atoms with Gasteiger partial charge < -0.3 is 14.4 Å². The fourth-order valence-electron chi connectivity index (χ4n) is 4.76. The van der Waals surface area contributed by atoms with E-state index in [1.807, 2.05) is 6.07 Å². The number of rotatable bonds is 5. The highest BCUT2D eigenvalue weighted by molar-refractivity contribution is 5.58. The maximum atomic E-state index is 5.56. The maximum absolute atomic E-state index is 5.56. The first-order valence-corrected chi connectivity index (χ1v) is 10.6. The molecule has 5 rings (SSSR count). The molecular formula is C26H27NO2. The molecule has 0 fully saturated rings. The summed E-state index contributed by atoms with van der Waals surface area (Å²) < 4.78 is 11.0. The van der Waals surface area contributed by atoms with E-state index in [4.69, 9.17) is 9.47 Å². The molecule has 2 heterocycles. The summed E-state index contributed by atoms with van der Waals surface area (Å²) in [5.74, 6) is 1.74. The van der Waals surface area contributed by atoms with Gasteiger partial charge in [-0.1, -0.05) is 54.6 Å². The van der Waals surface area contributed by atoms with Crippen LogP contribution < -0.4 is 14.4 Å². The molecule has 148 valence electrons. The number of anilines is 1. The lowest BCUT2D eigenvalue weighted by molar-refractivity contribution is 0.174. The highest BCUT2D eigenvalue weighted by Gasteiger charge is 2.30. The molecular weight excluding hydrogens is 358 g/mol. The van der Waals surface area contributed by atoms with E-state index in [2.05, 4.69) is 78.6 Å². The van der Waals surface area contributed by atoms with Crippen molar-refractivity contribution in [2.24, 2.45) is 0 Å². The van der Waals surface area contributed by atoms with Crippen molar-refractivity contribution in [3.8, 4) is 11.5 Å². The van der Waals surface area contributed by atoms with Crippen molar-refractivity contribution in [3.05, 3.63) is 89.5 Å². The van der Waals surface area contributed by atoms with Crippen LogP contribution in [0.15, 0.2) is 72.8 Å². The monoisotopic (exact) mass is 385 g/mol. The van der Waals surface area contributed by atoms with Crippen molar-refractivity contribution in [1.29, 1.82) is 0 Å². The van der Waals surface area contributed by atoms with Crippen LogP contribution >= 0.6 is 0 Å². The third kappa shape index (κ3) is 3.57. The topological polar surface area (TPSA) is 21.7 Å². The predicted molar refractivity (Wildman–Crippen MR) is 117 cm³/mol. The summed E-state index contributed by atoms with van der Waals surface area (Å²) in [5, 5.41) is 0. The van der Waals surface area contributed by atoms with Gasteiger partial charge in [-0.3, -0.25) is 0 Å². The van der Waals surface area contributed by atoms with E-state index in [0.29, 0.717) is 18.9 Å². The number of hydrogen-bond acceptors (Lipinski definition) is 3. The van der Waals surface area contributed by atoms with Crippen molar-refractivity contribution in [1.82, 2.24) is 0 Å². The zero-order valence-corrected chi connectivity index (χ0v) is 16.9. The minimum absolute atomic E-state index is 0.334. The fraction of sp³-hybridized carbons (Fsp3) is 0.308. The number of para-hydroxylation sites is 1. The summed E-state index contributed by atoms with van der Waals surface area (Å²) in [6, 6.07) is 27.0. The van der Waals surface area contributed by atoms with E-state index in [1.165, 1.54) is 28.8 Å². The Hall–Kier alpha value is -2.94. The fourth-order valence-corrected chi connectivity index (χ4v) is 4.76. The Morgan fingerprint density at radius 1 is 0.931 bits per heavy atom. The number of fused-ring (bicyclic) bond motifs is 2. The average Bonchev–Trinajstić information content (AvgIpc) is 3.25. The molecule has 0 spiro atoms. The molecule has 2 aliphatic heterocycles.